The van der Waals surface area contributed by atoms with Crippen molar-refractivity contribution in [2.75, 3.05) is 19.5 Å². The fourth-order valence-electron chi connectivity index (χ4n) is 0.874. The first-order chi connectivity index (χ1) is 6.69. The largest absolute Gasteiger partial charge is 0.490 e. The Morgan fingerprint density at radius 1 is 1.64 bits per heavy atom. The lowest BCUT2D eigenvalue weighted by Gasteiger charge is -2.11. The van der Waals surface area contributed by atoms with Gasteiger partial charge >= 0.3 is 0 Å². The maximum absolute atomic E-state index is 8.89. The van der Waals surface area contributed by atoms with Crippen LogP contribution in [-0.2, 0) is 0 Å². The number of methoxy groups -OCH3 is 1. The molecule has 6 heteroatoms. The Morgan fingerprint density at radius 3 is 2.93 bits per heavy atom. The van der Waals surface area contributed by atoms with Crippen LogP contribution >= 0.6 is 11.8 Å². The van der Waals surface area contributed by atoms with Gasteiger partial charge in [0.05, 0.1) is 13.7 Å². The van der Waals surface area contributed by atoms with Crippen LogP contribution in [0.4, 0.5) is 5.82 Å². The Kier molecular flexibility index (Phi) is 3.97. The van der Waals surface area contributed by atoms with Crippen LogP contribution in [0.15, 0.2) is 11.4 Å². The third-order valence-electron chi connectivity index (χ3n) is 1.57. The van der Waals surface area contributed by atoms with Crippen LogP contribution in [0.5, 0.6) is 5.75 Å². The number of rotatable bonds is 4. The predicted octanol–water partition coefficient (Wildman–Crippen LogP) is 0.540. The van der Waals surface area contributed by atoms with Gasteiger partial charge in [-0.1, -0.05) is 18.7 Å². The molecule has 1 rings (SSSR count). The van der Waals surface area contributed by atoms with E-state index in [0.29, 0.717) is 16.6 Å². The first kappa shape index (κ1) is 11.1. The van der Waals surface area contributed by atoms with Gasteiger partial charge in [0.2, 0.25) is 0 Å². The highest BCUT2D eigenvalue weighted by Gasteiger charge is 2.12. The number of ether oxygens (including phenoxy) is 1. The van der Waals surface area contributed by atoms with Gasteiger partial charge in [0.25, 0.3) is 0 Å². The summed E-state index contributed by atoms with van der Waals surface area (Å²) in [6, 6.07) is 0. The van der Waals surface area contributed by atoms with Crippen LogP contribution in [-0.4, -0.2) is 34.0 Å². The number of nitrogen functional groups attached to an aromatic ring is 1. The zero-order valence-corrected chi connectivity index (χ0v) is 8.91. The molecule has 1 heterocycles. The number of aromatic nitrogens is 2. The molecule has 0 aromatic carbocycles. The number of hydrogen-bond acceptors (Lipinski definition) is 6. The van der Waals surface area contributed by atoms with Crippen LogP contribution in [0.3, 0.4) is 0 Å². The molecule has 0 amide bonds. The van der Waals surface area contributed by atoms with Crippen molar-refractivity contribution < 1.29 is 9.84 Å². The molecule has 1 aromatic heterocycles. The van der Waals surface area contributed by atoms with Gasteiger partial charge in [-0.05, 0) is 0 Å². The summed E-state index contributed by atoms with van der Waals surface area (Å²) in [4.78, 5) is 7.84. The van der Waals surface area contributed by atoms with Crippen molar-refractivity contribution in [1.29, 1.82) is 0 Å². The number of aliphatic hydroxyl groups excluding tert-OH is 1. The second-order valence-electron chi connectivity index (χ2n) is 2.71. The lowest BCUT2D eigenvalue weighted by Crippen LogP contribution is -2.05. The van der Waals surface area contributed by atoms with Gasteiger partial charge in [0, 0.05) is 5.25 Å². The Bertz CT molecular complexity index is 309. The smallest absolute Gasteiger partial charge is 0.193 e. The third-order valence-corrected chi connectivity index (χ3v) is 2.64. The number of hydrogen-bond donors (Lipinski definition) is 2. The van der Waals surface area contributed by atoms with Crippen LogP contribution in [0.25, 0.3) is 0 Å². The lowest BCUT2D eigenvalue weighted by molar-refractivity contribution is 0.300. The van der Waals surface area contributed by atoms with Crippen LogP contribution < -0.4 is 10.5 Å². The maximum Gasteiger partial charge on any atom is 0.193 e. The zero-order chi connectivity index (χ0) is 10.6. The minimum Gasteiger partial charge on any atom is -0.490 e. The summed E-state index contributed by atoms with van der Waals surface area (Å²) in [6.45, 7) is 1.97. The number of anilines is 1. The molecule has 0 bridgehead atoms. The van der Waals surface area contributed by atoms with Gasteiger partial charge in [-0.2, -0.15) is 0 Å². The summed E-state index contributed by atoms with van der Waals surface area (Å²) in [5.74, 6) is 0.785. The van der Waals surface area contributed by atoms with Crippen molar-refractivity contribution >= 4 is 17.6 Å². The van der Waals surface area contributed by atoms with Gasteiger partial charge in [-0.25, -0.2) is 9.97 Å². The van der Waals surface area contributed by atoms with Crippen LogP contribution in [0, 0.1) is 0 Å². The highest BCUT2D eigenvalue weighted by Crippen LogP contribution is 2.32. The molecule has 1 unspecified atom stereocenters. The molecule has 0 saturated heterocycles. The van der Waals surface area contributed by atoms with E-state index in [4.69, 9.17) is 15.6 Å². The minimum atomic E-state index is 0.0539. The highest BCUT2D eigenvalue weighted by atomic mass is 32.2. The molecular formula is C8H13N3O2S. The number of thioether (sulfide) groups is 1. The van der Waals surface area contributed by atoms with Crippen LogP contribution in [0.1, 0.15) is 6.92 Å². The average Bonchev–Trinajstić information content (AvgIpc) is 2.18. The van der Waals surface area contributed by atoms with Gasteiger partial charge in [-0.3, -0.25) is 0 Å². The fraction of sp³-hybridized carbons (Fsp3) is 0.500. The Hall–Kier alpha value is -1.01. The molecule has 14 heavy (non-hydrogen) atoms. The Morgan fingerprint density at radius 2 is 2.36 bits per heavy atom. The molecule has 78 valence electrons. The van der Waals surface area contributed by atoms with Crippen LogP contribution in [0.2, 0.25) is 0 Å². The summed E-state index contributed by atoms with van der Waals surface area (Å²) in [6.07, 6.45) is 1.38. The van der Waals surface area contributed by atoms with Crippen molar-refractivity contribution in [3.8, 4) is 5.75 Å². The van der Waals surface area contributed by atoms with Gasteiger partial charge in [0.1, 0.15) is 11.4 Å². The van der Waals surface area contributed by atoms with E-state index in [1.807, 2.05) is 6.92 Å². The second kappa shape index (κ2) is 5.02. The standard InChI is InChI=1S/C8H13N3O2S/c1-5(3-12)14-8-6(13-2)7(9)10-4-11-8/h4-5,12H,3H2,1-2H3,(H2,9,10,11). The second-order valence-corrected chi connectivity index (χ2v) is 4.14. The Balaban J connectivity index is 2.90. The van der Waals surface area contributed by atoms with Gasteiger partial charge in [-0.15, -0.1) is 0 Å². The van der Waals surface area contributed by atoms with E-state index in [-0.39, 0.29) is 11.9 Å². The first-order valence-corrected chi connectivity index (χ1v) is 4.99. The summed E-state index contributed by atoms with van der Waals surface area (Å²) < 4.78 is 5.07. The normalized spacial score (nSPS) is 12.5. The fourth-order valence-corrected chi connectivity index (χ4v) is 1.73. The molecule has 3 N–H and O–H groups in total. The predicted molar refractivity (Wildman–Crippen MR) is 55.4 cm³/mol. The summed E-state index contributed by atoms with van der Waals surface area (Å²) >= 11 is 1.40. The van der Waals surface area contributed by atoms with Crippen molar-refractivity contribution in [3.05, 3.63) is 6.33 Å². The SMILES string of the molecule is COc1c(N)ncnc1SC(C)CO. The summed E-state index contributed by atoms with van der Waals surface area (Å²) in [5.41, 5.74) is 5.60. The van der Waals surface area contributed by atoms with E-state index in [1.165, 1.54) is 25.2 Å². The van der Waals surface area contributed by atoms with E-state index in [1.54, 1.807) is 0 Å². The number of nitrogens with zero attached hydrogens (tertiary/aromatic N) is 2. The van der Waals surface area contributed by atoms with E-state index in [2.05, 4.69) is 9.97 Å². The molecule has 0 aliphatic carbocycles. The molecule has 0 aliphatic heterocycles. The van der Waals surface area contributed by atoms with E-state index in [9.17, 15) is 0 Å². The van der Waals surface area contributed by atoms with Crippen molar-refractivity contribution in [2.24, 2.45) is 0 Å². The molecule has 0 saturated carbocycles. The van der Waals surface area contributed by atoms with E-state index in [0.717, 1.165) is 0 Å². The van der Waals surface area contributed by atoms with Crippen molar-refractivity contribution in [1.82, 2.24) is 9.97 Å². The van der Waals surface area contributed by atoms with Crippen molar-refractivity contribution in [3.63, 3.8) is 0 Å². The number of nitrogens with two attached hydrogens (primary N) is 1. The number of aliphatic hydroxyl groups is 1. The highest BCUT2D eigenvalue weighted by molar-refractivity contribution is 8.00. The molecule has 0 spiro atoms. The molecule has 0 fully saturated rings. The minimum absolute atomic E-state index is 0.0539. The molecule has 1 atom stereocenters. The molecule has 5 nitrogen and oxygen atoms in total. The quantitative estimate of drug-likeness (QED) is 0.563. The maximum atomic E-state index is 8.89. The third kappa shape index (κ3) is 2.49. The lowest BCUT2D eigenvalue weighted by atomic mass is 10.5. The Labute approximate surface area is 86.7 Å². The molecular weight excluding hydrogens is 202 g/mol. The monoisotopic (exact) mass is 215 g/mol. The van der Waals surface area contributed by atoms with E-state index < -0.39 is 0 Å². The zero-order valence-electron chi connectivity index (χ0n) is 8.10. The van der Waals surface area contributed by atoms with Gasteiger partial charge < -0.3 is 15.6 Å². The first-order valence-electron chi connectivity index (χ1n) is 4.11. The topological polar surface area (TPSA) is 81.3 Å². The molecule has 1 aromatic rings. The van der Waals surface area contributed by atoms with E-state index >= 15 is 0 Å². The molecule has 0 aliphatic rings. The van der Waals surface area contributed by atoms with Crippen molar-refractivity contribution in [2.45, 2.75) is 17.2 Å². The molecule has 0 radical (unpaired) electrons. The summed E-state index contributed by atoms with van der Waals surface area (Å²) in [5, 5.41) is 9.60. The average molecular weight is 215 g/mol. The van der Waals surface area contributed by atoms with Gasteiger partial charge in [0.15, 0.2) is 11.6 Å². The summed E-state index contributed by atoms with van der Waals surface area (Å²) in [7, 11) is 1.52.